The fourth-order valence-corrected chi connectivity index (χ4v) is 5.00. The number of nitrogens with zero attached hydrogens (tertiary/aromatic N) is 2. The second kappa shape index (κ2) is 8.14. The van der Waals surface area contributed by atoms with E-state index in [1.54, 1.807) is 0 Å². The van der Waals surface area contributed by atoms with E-state index in [0.29, 0.717) is 6.04 Å². The van der Waals surface area contributed by atoms with Crippen molar-refractivity contribution in [2.24, 2.45) is 0 Å². The Balaban J connectivity index is 1.34. The molecule has 0 radical (unpaired) electrons. The Morgan fingerprint density at radius 3 is 2.55 bits per heavy atom. The number of aryl methyl sites for hydroxylation is 1. The Morgan fingerprint density at radius 2 is 1.69 bits per heavy atom. The number of benzene rings is 2. The minimum Gasteiger partial charge on any atom is -0.297 e. The summed E-state index contributed by atoms with van der Waals surface area (Å²) in [7, 11) is 0. The van der Waals surface area contributed by atoms with E-state index in [4.69, 9.17) is 0 Å². The van der Waals surface area contributed by atoms with E-state index in [9.17, 15) is 0 Å². The van der Waals surface area contributed by atoms with E-state index in [2.05, 4.69) is 89.6 Å². The zero-order valence-electron chi connectivity index (χ0n) is 17.3. The van der Waals surface area contributed by atoms with Crippen molar-refractivity contribution in [2.45, 2.75) is 32.4 Å². The first kappa shape index (κ1) is 18.6. The molecule has 1 heterocycles. The monoisotopic (exact) mass is 382 g/mol. The lowest BCUT2D eigenvalue weighted by Crippen LogP contribution is -2.47. The van der Waals surface area contributed by atoms with Crippen LogP contribution in [0.5, 0.6) is 0 Å². The number of hydrogen-bond donors (Lipinski definition) is 0. The average molecular weight is 383 g/mol. The van der Waals surface area contributed by atoms with Crippen LogP contribution in [0.3, 0.4) is 0 Å². The Morgan fingerprint density at radius 1 is 0.897 bits per heavy atom. The molecule has 0 N–H and O–H groups in total. The molecule has 5 rings (SSSR count). The first-order chi connectivity index (χ1) is 14.3. The van der Waals surface area contributed by atoms with Crippen LogP contribution in [0.25, 0.3) is 5.57 Å². The normalized spacial score (nSPS) is 22.3. The molecule has 1 unspecified atom stereocenters. The summed E-state index contributed by atoms with van der Waals surface area (Å²) in [5, 5.41) is 0. The molecule has 0 bridgehead atoms. The molecule has 29 heavy (non-hydrogen) atoms. The van der Waals surface area contributed by atoms with E-state index in [-0.39, 0.29) is 0 Å². The Kier molecular flexibility index (Phi) is 5.22. The highest BCUT2D eigenvalue weighted by Gasteiger charge is 2.27. The van der Waals surface area contributed by atoms with Gasteiger partial charge in [0.05, 0.1) is 6.04 Å². The summed E-state index contributed by atoms with van der Waals surface area (Å²) in [6.07, 6.45) is 11.8. The number of rotatable bonds is 3. The summed E-state index contributed by atoms with van der Waals surface area (Å²) in [6.45, 7) is 7.80. The van der Waals surface area contributed by atoms with Crippen molar-refractivity contribution in [3.63, 3.8) is 0 Å². The lowest BCUT2D eigenvalue weighted by molar-refractivity contribution is 0.107. The van der Waals surface area contributed by atoms with Gasteiger partial charge in [0.1, 0.15) is 0 Å². The van der Waals surface area contributed by atoms with E-state index in [1.165, 1.54) is 33.4 Å². The lowest BCUT2D eigenvalue weighted by Gasteiger charge is -2.39. The predicted octanol–water partition coefficient (Wildman–Crippen LogP) is 5.53. The van der Waals surface area contributed by atoms with Crippen LogP contribution in [-0.2, 0) is 6.54 Å². The van der Waals surface area contributed by atoms with Gasteiger partial charge in [-0.05, 0) is 53.2 Å². The van der Waals surface area contributed by atoms with Gasteiger partial charge < -0.3 is 0 Å². The van der Waals surface area contributed by atoms with Gasteiger partial charge in [-0.15, -0.1) is 0 Å². The molecule has 2 nitrogen and oxygen atoms in total. The van der Waals surface area contributed by atoms with Crippen molar-refractivity contribution >= 4 is 5.57 Å². The van der Waals surface area contributed by atoms with Gasteiger partial charge in [-0.25, -0.2) is 0 Å². The Bertz CT molecular complexity index is 974. The SMILES string of the molecule is Cc1ccccc1CN1CCN(C2C=CC3=C(CCC=C3)c3ccccc32)CC1. The van der Waals surface area contributed by atoms with E-state index in [1.807, 2.05) is 0 Å². The third kappa shape index (κ3) is 3.75. The van der Waals surface area contributed by atoms with Crippen molar-refractivity contribution in [2.75, 3.05) is 26.2 Å². The fourth-order valence-electron chi connectivity index (χ4n) is 5.00. The zero-order valence-corrected chi connectivity index (χ0v) is 17.3. The molecule has 3 aliphatic rings. The molecule has 2 aromatic rings. The molecular formula is C27H30N2. The molecule has 0 aromatic heterocycles. The molecule has 2 heteroatoms. The van der Waals surface area contributed by atoms with Gasteiger partial charge in [0.25, 0.3) is 0 Å². The minimum atomic E-state index is 0.380. The molecule has 1 atom stereocenters. The van der Waals surface area contributed by atoms with Gasteiger partial charge in [0.15, 0.2) is 0 Å². The standard InChI is InChI=1S/C27H30N2/c1-21-8-2-3-10-23(21)20-28-16-18-29(19-17-28)27-15-14-22-9-4-5-11-24(22)25-12-6-7-13-26(25)27/h2-4,6-10,12-15,27H,5,11,16-20H2,1H3. The Hall–Kier alpha value is -2.42. The summed E-state index contributed by atoms with van der Waals surface area (Å²) in [6, 6.07) is 18.3. The predicted molar refractivity (Wildman–Crippen MR) is 122 cm³/mol. The van der Waals surface area contributed by atoms with Crippen LogP contribution in [-0.4, -0.2) is 36.0 Å². The molecule has 2 aliphatic carbocycles. The van der Waals surface area contributed by atoms with Crippen molar-refractivity contribution in [3.8, 4) is 0 Å². The molecule has 0 spiro atoms. The first-order valence-electron chi connectivity index (χ1n) is 11.0. The third-order valence-electron chi connectivity index (χ3n) is 6.72. The summed E-state index contributed by atoms with van der Waals surface area (Å²) in [4.78, 5) is 5.28. The first-order valence-corrected chi connectivity index (χ1v) is 11.0. The second-order valence-electron chi connectivity index (χ2n) is 8.50. The van der Waals surface area contributed by atoms with Crippen LogP contribution in [0.2, 0.25) is 0 Å². The van der Waals surface area contributed by atoms with E-state index >= 15 is 0 Å². The Labute approximate surface area is 174 Å². The topological polar surface area (TPSA) is 6.48 Å². The van der Waals surface area contributed by atoms with E-state index < -0.39 is 0 Å². The van der Waals surface area contributed by atoms with Crippen LogP contribution in [0, 0.1) is 6.92 Å². The van der Waals surface area contributed by atoms with Crippen molar-refractivity contribution in [3.05, 3.63) is 101 Å². The maximum atomic E-state index is 2.67. The van der Waals surface area contributed by atoms with Crippen LogP contribution < -0.4 is 0 Å². The number of hydrogen-bond acceptors (Lipinski definition) is 2. The van der Waals surface area contributed by atoms with Crippen LogP contribution in [0.15, 0.2) is 78.4 Å². The smallest absolute Gasteiger partial charge is 0.0541 e. The van der Waals surface area contributed by atoms with Gasteiger partial charge in [-0.2, -0.15) is 0 Å². The quantitative estimate of drug-likeness (QED) is 0.689. The minimum absolute atomic E-state index is 0.380. The van der Waals surface area contributed by atoms with Gasteiger partial charge in [-0.1, -0.05) is 72.8 Å². The zero-order chi connectivity index (χ0) is 19.6. The van der Waals surface area contributed by atoms with E-state index in [0.717, 1.165) is 45.6 Å². The van der Waals surface area contributed by atoms with Crippen molar-refractivity contribution in [1.29, 1.82) is 0 Å². The van der Waals surface area contributed by atoms with Gasteiger partial charge in [0, 0.05) is 32.7 Å². The van der Waals surface area contributed by atoms with Gasteiger partial charge >= 0.3 is 0 Å². The largest absolute Gasteiger partial charge is 0.297 e. The average Bonchev–Trinajstić information content (AvgIpc) is 2.93. The van der Waals surface area contributed by atoms with Gasteiger partial charge in [0.2, 0.25) is 0 Å². The lowest BCUT2D eigenvalue weighted by atomic mass is 9.89. The van der Waals surface area contributed by atoms with Crippen LogP contribution in [0.4, 0.5) is 0 Å². The van der Waals surface area contributed by atoms with Crippen molar-refractivity contribution < 1.29 is 0 Å². The van der Waals surface area contributed by atoms with Gasteiger partial charge in [-0.3, -0.25) is 9.80 Å². The molecule has 0 saturated carbocycles. The summed E-state index contributed by atoms with van der Waals surface area (Å²) in [5.41, 5.74) is 8.75. The molecule has 2 aromatic carbocycles. The maximum Gasteiger partial charge on any atom is 0.0541 e. The summed E-state index contributed by atoms with van der Waals surface area (Å²) >= 11 is 0. The third-order valence-corrected chi connectivity index (χ3v) is 6.72. The highest BCUT2D eigenvalue weighted by molar-refractivity contribution is 5.78. The molecule has 1 fully saturated rings. The van der Waals surface area contributed by atoms with Crippen molar-refractivity contribution in [1.82, 2.24) is 9.80 Å². The number of piperazine rings is 1. The maximum absolute atomic E-state index is 2.67. The molecule has 1 saturated heterocycles. The fraction of sp³-hybridized carbons (Fsp3) is 0.333. The summed E-state index contributed by atoms with van der Waals surface area (Å²) in [5.74, 6) is 0. The molecule has 0 amide bonds. The molecule has 148 valence electrons. The number of fused-ring (bicyclic) bond motifs is 2. The summed E-state index contributed by atoms with van der Waals surface area (Å²) < 4.78 is 0. The highest BCUT2D eigenvalue weighted by Crippen LogP contribution is 2.39. The molecule has 1 aliphatic heterocycles. The van der Waals surface area contributed by atoms with Crippen LogP contribution in [0.1, 0.15) is 41.1 Å². The van der Waals surface area contributed by atoms with Crippen LogP contribution >= 0.6 is 0 Å². The number of allylic oxidation sites excluding steroid dienone is 5. The highest BCUT2D eigenvalue weighted by atomic mass is 15.3. The molecular weight excluding hydrogens is 352 g/mol. The second-order valence-corrected chi connectivity index (χ2v) is 8.50.